The summed E-state index contributed by atoms with van der Waals surface area (Å²) in [5.74, 6) is 0.178. The summed E-state index contributed by atoms with van der Waals surface area (Å²) in [5, 5.41) is 18.4. The van der Waals surface area contributed by atoms with E-state index in [1.54, 1.807) is 0 Å². The van der Waals surface area contributed by atoms with Crippen LogP contribution in [-0.4, -0.2) is 33.9 Å². The maximum absolute atomic E-state index is 11.4. The van der Waals surface area contributed by atoms with Gasteiger partial charge >= 0.3 is 6.09 Å². The SMILES string of the molecule is CC(C)C(CCO)N(Cc1ccccc1)C(=O)O. The van der Waals surface area contributed by atoms with Crippen LogP contribution in [0.25, 0.3) is 0 Å². The molecule has 0 aliphatic heterocycles. The molecule has 0 saturated carbocycles. The van der Waals surface area contributed by atoms with Crippen molar-refractivity contribution in [1.29, 1.82) is 0 Å². The molecule has 1 aromatic rings. The van der Waals surface area contributed by atoms with Gasteiger partial charge in [-0.25, -0.2) is 4.79 Å². The van der Waals surface area contributed by atoms with Gasteiger partial charge in [0, 0.05) is 19.2 Å². The molecule has 0 bridgehead atoms. The van der Waals surface area contributed by atoms with Crippen LogP contribution in [0.5, 0.6) is 0 Å². The molecule has 1 atom stereocenters. The summed E-state index contributed by atoms with van der Waals surface area (Å²) in [7, 11) is 0. The van der Waals surface area contributed by atoms with Gasteiger partial charge in [0.25, 0.3) is 0 Å². The van der Waals surface area contributed by atoms with Gasteiger partial charge in [0.2, 0.25) is 0 Å². The van der Waals surface area contributed by atoms with E-state index in [0.717, 1.165) is 5.56 Å². The fraction of sp³-hybridized carbons (Fsp3) is 0.500. The second-order valence-corrected chi connectivity index (χ2v) is 4.72. The Morgan fingerprint density at radius 2 is 1.89 bits per heavy atom. The Bertz CT molecular complexity index is 365. The number of nitrogens with zero attached hydrogens (tertiary/aromatic N) is 1. The van der Waals surface area contributed by atoms with E-state index in [-0.39, 0.29) is 18.6 Å². The summed E-state index contributed by atoms with van der Waals surface area (Å²) in [6.45, 7) is 4.31. The minimum Gasteiger partial charge on any atom is -0.465 e. The van der Waals surface area contributed by atoms with Crippen molar-refractivity contribution in [3.8, 4) is 0 Å². The van der Waals surface area contributed by atoms with Gasteiger partial charge in [-0.2, -0.15) is 0 Å². The lowest BCUT2D eigenvalue weighted by molar-refractivity contribution is 0.0922. The molecule has 4 nitrogen and oxygen atoms in total. The molecule has 1 amide bonds. The zero-order valence-corrected chi connectivity index (χ0v) is 10.9. The minimum absolute atomic E-state index is 0.00141. The van der Waals surface area contributed by atoms with Crippen molar-refractivity contribution in [3.05, 3.63) is 35.9 Å². The maximum atomic E-state index is 11.4. The number of rotatable bonds is 6. The van der Waals surface area contributed by atoms with E-state index in [1.807, 2.05) is 44.2 Å². The van der Waals surface area contributed by atoms with Crippen molar-refractivity contribution in [2.75, 3.05) is 6.61 Å². The van der Waals surface area contributed by atoms with E-state index < -0.39 is 6.09 Å². The highest BCUT2D eigenvalue weighted by Gasteiger charge is 2.25. The summed E-state index contributed by atoms with van der Waals surface area (Å²) in [6, 6.07) is 9.35. The van der Waals surface area contributed by atoms with Gasteiger partial charge in [-0.3, -0.25) is 0 Å². The molecule has 0 aromatic heterocycles. The summed E-state index contributed by atoms with van der Waals surface area (Å²) < 4.78 is 0. The fourth-order valence-electron chi connectivity index (χ4n) is 2.09. The third-order valence-corrected chi connectivity index (χ3v) is 3.04. The van der Waals surface area contributed by atoms with Crippen molar-refractivity contribution in [2.24, 2.45) is 5.92 Å². The van der Waals surface area contributed by atoms with E-state index in [4.69, 9.17) is 5.11 Å². The molecule has 0 radical (unpaired) electrons. The summed E-state index contributed by atoms with van der Waals surface area (Å²) in [5.41, 5.74) is 0.962. The second-order valence-electron chi connectivity index (χ2n) is 4.72. The summed E-state index contributed by atoms with van der Waals surface area (Å²) in [4.78, 5) is 12.8. The van der Waals surface area contributed by atoms with Crippen molar-refractivity contribution >= 4 is 6.09 Å². The molecule has 18 heavy (non-hydrogen) atoms. The topological polar surface area (TPSA) is 60.8 Å². The van der Waals surface area contributed by atoms with Gasteiger partial charge in [-0.1, -0.05) is 44.2 Å². The van der Waals surface area contributed by atoms with Crippen LogP contribution in [0.3, 0.4) is 0 Å². The van der Waals surface area contributed by atoms with Gasteiger partial charge < -0.3 is 15.1 Å². The van der Waals surface area contributed by atoms with Crippen LogP contribution in [0.2, 0.25) is 0 Å². The largest absolute Gasteiger partial charge is 0.465 e. The maximum Gasteiger partial charge on any atom is 0.407 e. The Morgan fingerprint density at radius 3 is 2.33 bits per heavy atom. The molecule has 0 spiro atoms. The highest BCUT2D eigenvalue weighted by Crippen LogP contribution is 2.18. The molecule has 4 heteroatoms. The smallest absolute Gasteiger partial charge is 0.407 e. The Hall–Kier alpha value is -1.55. The zero-order chi connectivity index (χ0) is 13.5. The predicted octanol–water partition coefficient (Wildman–Crippen LogP) is 2.57. The van der Waals surface area contributed by atoms with Crippen LogP contribution < -0.4 is 0 Å². The second kappa shape index (κ2) is 7.01. The molecule has 1 aromatic carbocycles. The molecule has 0 aliphatic carbocycles. The normalized spacial score (nSPS) is 12.4. The first-order valence-electron chi connectivity index (χ1n) is 6.20. The Morgan fingerprint density at radius 1 is 1.28 bits per heavy atom. The number of aliphatic hydroxyl groups excluding tert-OH is 1. The van der Waals surface area contributed by atoms with Crippen molar-refractivity contribution in [3.63, 3.8) is 0 Å². The van der Waals surface area contributed by atoms with Crippen LogP contribution in [0.15, 0.2) is 30.3 Å². The van der Waals surface area contributed by atoms with E-state index in [9.17, 15) is 9.90 Å². The number of amides is 1. The van der Waals surface area contributed by atoms with Crippen molar-refractivity contribution < 1.29 is 15.0 Å². The molecule has 0 aliphatic rings. The van der Waals surface area contributed by atoms with Crippen molar-refractivity contribution in [1.82, 2.24) is 4.90 Å². The number of benzene rings is 1. The third-order valence-electron chi connectivity index (χ3n) is 3.04. The lowest BCUT2D eigenvalue weighted by atomic mass is 9.99. The fourth-order valence-corrected chi connectivity index (χ4v) is 2.09. The number of aliphatic hydroxyl groups is 1. The average Bonchev–Trinajstić information content (AvgIpc) is 2.34. The number of hydrogen-bond acceptors (Lipinski definition) is 2. The van der Waals surface area contributed by atoms with Crippen LogP contribution in [0, 0.1) is 5.92 Å². The Balaban J connectivity index is 2.84. The first kappa shape index (κ1) is 14.5. The standard InChI is InChI=1S/C14H21NO3/c1-11(2)13(8-9-16)15(14(17)18)10-12-6-4-3-5-7-12/h3-7,11,13,16H,8-10H2,1-2H3,(H,17,18). The quantitative estimate of drug-likeness (QED) is 0.817. The van der Waals surface area contributed by atoms with Gasteiger partial charge in [-0.05, 0) is 17.9 Å². The Labute approximate surface area is 108 Å². The minimum atomic E-state index is -0.939. The molecular weight excluding hydrogens is 230 g/mol. The molecule has 1 rings (SSSR count). The summed E-state index contributed by atoms with van der Waals surface area (Å²) >= 11 is 0. The average molecular weight is 251 g/mol. The van der Waals surface area contributed by atoms with Gasteiger partial charge in [0.05, 0.1) is 0 Å². The highest BCUT2D eigenvalue weighted by atomic mass is 16.4. The first-order valence-corrected chi connectivity index (χ1v) is 6.20. The highest BCUT2D eigenvalue weighted by molar-refractivity contribution is 5.65. The molecule has 100 valence electrons. The molecule has 0 saturated heterocycles. The lowest BCUT2D eigenvalue weighted by Gasteiger charge is -2.32. The van der Waals surface area contributed by atoms with E-state index in [2.05, 4.69) is 0 Å². The molecule has 2 N–H and O–H groups in total. The van der Waals surface area contributed by atoms with Crippen LogP contribution >= 0.6 is 0 Å². The monoisotopic (exact) mass is 251 g/mol. The molecular formula is C14H21NO3. The van der Waals surface area contributed by atoms with E-state index in [1.165, 1.54) is 4.90 Å². The van der Waals surface area contributed by atoms with Gasteiger partial charge in [0.15, 0.2) is 0 Å². The number of carbonyl (C=O) groups is 1. The predicted molar refractivity (Wildman–Crippen MR) is 70.3 cm³/mol. The van der Waals surface area contributed by atoms with Gasteiger partial charge in [0.1, 0.15) is 0 Å². The van der Waals surface area contributed by atoms with Crippen molar-refractivity contribution in [2.45, 2.75) is 32.9 Å². The number of hydrogen-bond donors (Lipinski definition) is 2. The first-order chi connectivity index (χ1) is 8.56. The lowest BCUT2D eigenvalue weighted by Crippen LogP contribution is -2.42. The van der Waals surface area contributed by atoms with Crippen LogP contribution in [0.1, 0.15) is 25.8 Å². The Kier molecular flexibility index (Phi) is 5.65. The third kappa shape index (κ3) is 4.04. The number of carboxylic acid groups (broad SMARTS) is 1. The summed E-state index contributed by atoms with van der Waals surface area (Å²) in [6.07, 6.45) is -0.470. The van der Waals surface area contributed by atoms with E-state index in [0.29, 0.717) is 13.0 Å². The van der Waals surface area contributed by atoms with Crippen LogP contribution in [0.4, 0.5) is 4.79 Å². The zero-order valence-electron chi connectivity index (χ0n) is 10.9. The molecule has 1 unspecified atom stereocenters. The molecule has 0 fully saturated rings. The van der Waals surface area contributed by atoms with Crippen LogP contribution in [-0.2, 0) is 6.54 Å². The molecule has 0 heterocycles. The van der Waals surface area contributed by atoms with E-state index >= 15 is 0 Å². The van der Waals surface area contributed by atoms with Gasteiger partial charge in [-0.15, -0.1) is 0 Å².